The Morgan fingerprint density at radius 1 is 1.29 bits per heavy atom. The number of hydrogen-bond acceptors (Lipinski definition) is 5. The van der Waals surface area contributed by atoms with Crippen molar-refractivity contribution in [3.8, 4) is 0 Å². The van der Waals surface area contributed by atoms with Crippen molar-refractivity contribution in [3.63, 3.8) is 0 Å². The van der Waals surface area contributed by atoms with E-state index in [0.29, 0.717) is 0 Å². The van der Waals surface area contributed by atoms with Gasteiger partial charge < -0.3 is 20.4 Å². The van der Waals surface area contributed by atoms with Crippen LogP contribution in [0.4, 0.5) is 0 Å². The molecule has 4 atom stereocenters. The highest BCUT2D eigenvalue weighted by Gasteiger charge is 2.31. The predicted octanol–water partition coefficient (Wildman–Crippen LogP) is -1.71. The van der Waals surface area contributed by atoms with Gasteiger partial charge in [0.05, 0.1) is 6.10 Å². The van der Waals surface area contributed by atoms with Crippen LogP contribution in [0.3, 0.4) is 0 Å². The Balaban J connectivity index is 4.45. The molecule has 0 rings (SSSR count). The van der Waals surface area contributed by atoms with E-state index in [1.54, 1.807) is 0 Å². The van der Waals surface area contributed by atoms with E-state index in [0.717, 1.165) is 0 Å². The summed E-state index contributed by atoms with van der Waals surface area (Å²) in [7, 11) is 0. The second-order valence-electron chi connectivity index (χ2n) is 2.69. The molecule has 0 radical (unpaired) electrons. The van der Waals surface area contributed by atoms with Crippen molar-refractivity contribution in [2.45, 2.75) is 31.3 Å². The van der Waals surface area contributed by atoms with Crippen LogP contribution in [0.1, 0.15) is 6.92 Å². The van der Waals surface area contributed by atoms with E-state index in [4.69, 9.17) is 26.0 Å². The minimum atomic E-state index is -2.05. The molecule has 8 nitrogen and oxygen atoms in total. The Labute approximate surface area is 79.0 Å². The van der Waals surface area contributed by atoms with E-state index in [2.05, 4.69) is 10.0 Å². The number of aliphatic hydroxyl groups is 4. The third kappa shape index (κ3) is 3.29. The molecule has 0 aliphatic heterocycles. The molecule has 8 heteroatoms. The first kappa shape index (κ1) is 12.8. The SMILES string of the molecule is C[C@@H](O)[C@@H](O)[C@H](O)[C@H](O)C(=O)N=[N+]=[N-]. The maximum Gasteiger partial charge on any atom is 0.250 e. The Bertz CT molecular complexity index is 250. The van der Waals surface area contributed by atoms with Gasteiger partial charge in [-0.1, -0.05) is 0 Å². The molecule has 0 aromatic carbocycles. The number of aliphatic hydroxyl groups excluding tert-OH is 4. The molecule has 4 N–H and O–H groups in total. The van der Waals surface area contributed by atoms with Gasteiger partial charge in [-0.3, -0.25) is 4.79 Å². The molecule has 0 unspecified atom stereocenters. The monoisotopic (exact) mass is 205 g/mol. The summed E-state index contributed by atoms with van der Waals surface area (Å²) in [5.74, 6) is -1.32. The van der Waals surface area contributed by atoms with Crippen LogP contribution < -0.4 is 0 Å². The van der Waals surface area contributed by atoms with Gasteiger partial charge >= 0.3 is 0 Å². The largest absolute Gasteiger partial charge is 0.391 e. The minimum Gasteiger partial charge on any atom is -0.391 e. The number of carbonyl (C=O) groups excluding carboxylic acids is 1. The van der Waals surface area contributed by atoms with Gasteiger partial charge in [0, 0.05) is 4.91 Å². The van der Waals surface area contributed by atoms with Crippen LogP contribution in [0.25, 0.3) is 10.4 Å². The summed E-state index contributed by atoms with van der Waals surface area (Å²) >= 11 is 0. The zero-order chi connectivity index (χ0) is 11.3. The molecule has 0 aliphatic carbocycles. The zero-order valence-electron chi connectivity index (χ0n) is 7.35. The molecule has 14 heavy (non-hydrogen) atoms. The number of nitrogens with zero attached hydrogens (tertiary/aromatic N) is 3. The highest BCUT2D eigenvalue weighted by molar-refractivity contribution is 5.81. The topological polar surface area (TPSA) is 147 Å². The van der Waals surface area contributed by atoms with Crippen LogP contribution in [0.2, 0.25) is 0 Å². The lowest BCUT2D eigenvalue weighted by Crippen LogP contribution is -2.46. The van der Waals surface area contributed by atoms with Gasteiger partial charge in [-0.25, -0.2) is 0 Å². The lowest BCUT2D eigenvalue weighted by molar-refractivity contribution is -0.142. The van der Waals surface area contributed by atoms with Crippen molar-refractivity contribution in [2.24, 2.45) is 5.11 Å². The Hall–Kier alpha value is -1.18. The summed E-state index contributed by atoms with van der Waals surface area (Å²) in [6.45, 7) is 1.17. The van der Waals surface area contributed by atoms with E-state index in [-0.39, 0.29) is 0 Å². The van der Waals surface area contributed by atoms with Gasteiger partial charge in [0.2, 0.25) is 5.91 Å². The Kier molecular flexibility index (Phi) is 5.06. The molecule has 0 spiro atoms. The molecular weight excluding hydrogens is 194 g/mol. The van der Waals surface area contributed by atoms with Crippen molar-refractivity contribution in [3.05, 3.63) is 10.4 Å². The first-order valence-electron chi connectivity index (χ1n) is 3.73. The van der Waals surface area contributed by atoms with Gasteiger partial charge in [-0.15, -0.1) is 0 Å². The highest BCUT2D eigenvalue weighted by Crippen LogP contribution is 2.06. The Morgan fingerprint density at radius 3 is 2.14 bits per heavy atom. The summed E-state index contributed by atoms with van der Waals surface area (Å²) in [5.41, 5.74) is 7.85. The predicted molar refractivity (Wildman–Crippen MR) is 43.9 cm³/mol. The fourth-order valence-electron chi connectivity index (χ4n) is 0.721. The molecule has 0 heterocycles. The van der Waals surface area contributed by atoms with Gasteiger partial charge in [-0.05, 0) is 17.6 Å². The average molecular weight is 205 g/mol. The standard InChI is InChI=1S/C6H11N3O5/c1-2(10)3(11)4(12)5(13)6(14)8-9-7/h2-5,10-13H,1H3/t2-,3-,4+,5+/m1/s1. The molecule has 1 amide bonds. The second kappa shape index (κ2) is 5.53. The average Bonchev–Trinajstić information content (AvgIpc) is 2.14. The molecule has 0 saturated heterocycles. The fraction of sp³-hybridized carbons (Fsp3) is 0.833. The lowest BCUT2D eigenvalue weighted by atomic mass is 10.0. The molecule has 0 bridgehead atoms. The summed E-state index contributed by atoms with van der Waals surface area (Å²) in [5, 5.41) is 38.5. The van der Waals surface area contributed by atoms with Crippen LogP contribution >= 0.6 is 0 Å². The van der Waals surface area contributed by atoms with Gasteiger partial charge in [-0.2, -0.15) is 0 Å². The molecule has 80 valence electrons. The van der Waals surface area contributed by atoms with Crippen molar-refractivity contribution in [1.82, 2.24) is 0 Å². The Morgan fingerprint density at radius 2 is 1.79 bits per heavy atom. The number of rotatable bonds is 4. The van der Waals surface area contributed by atoms with Crippen molar-refractivity contribution >= 4 is 5.91 Å². The summed E-state index contributed by atoms with van der Waals surface area (Å²) in [6, 6.07) is 0. The maximum atomic E-state index is 10.7. The smallest absolute Gasteiger partial charge is 0.250 e. The number of amides is 1. The van der Waals surface area contributed by atoms with Crippen LogP contribution in [-0.4, -0.2) is 50.7 Å². The molecule has 0 saturated carbocycles. The number of carbonyl (C=O) groups is 1. The van der Waals surface area contributed by atoms with Crippen LogP contribution in [0, 0.1) is 0 Å². The van der Waals surface area contributed by atoms with Crippen LogP contribution in [0.15, 0.2) is 5.11 Å². The highest BCUT2D eigenvalue weighted by atomic mass is 16.4. The molecule has 0 aromatic heterocycles. The lowest BCUT2D eigenvalue weighted by Gasteiger charge is -2.22. The number of azide groups is 1. The van der Waals surface area contributed by atoms with Gasteiger partial charge in [0.25, 0.3) is 0 Å². The first-order valence-corrected chi connectivity index (χ1v) is 3.73. The van der Waals surface area contributed by atoms with E-state index in [1.165, 1.54) is 6.92 Å². The quantitative estimate of drug-likeness (QED) is 0.245. The third-order valence-electron chi connectivity index (χ3n) is 1.56. The number of hydrogen-bond donors (Lipinski definition) is 4. The van der Waals surface area contributed by atoms with Crippen molar-refractivity contribution < 1.29 is 25.2 Å². The van der Waals surface area contributed by atoms with Gasteiger partial charge in [0.1, 0.15) is 18.3 Å². The van der Waals surface area contributed by atoms with E-state index < -0.39 is 30.3 Å². The van der Waals surface area contributed by atoms with E-state index in [1.807, 2.05) is 0 Å². The van der Waals surface area contributed by atoms with Crippen LogP contribution in [0.5, 0.6) is 0 Å². The molecule has 0 fully saturated rings. The molecule has 0 aromatic rings. The summed E-state index contributed by atoms with van der Waals surface area (Å²) in [4.78, 5) is 12.8. The van der Waals surface area contributed by atoms with Gasteiger partial charge in [0.15, 0.2) is 0 Å². The van der Waals surface area contributed by atoms with E-state index in [9.17, 15) is 4.79 Å². The molecule has 0 aliphatic rings. The van der Waals surface area contributed by atoms with Crippen molar-refractivity contribution in [1.29, 1.82) is 0 Å². The third-order valence-corrected chi connectivity index (χ3v) is 1.56. The first-order chi connectivity index (χ1) is 6.41. The summed E-state index contributed by atoms with van der Waals surface area (Å²) < 4.78 is 0. The normalized spacial score (nSPS) is 18.9. The zero-order valence-corrected chi connectivity index (χ0v) is 7.35. The fourth-order valence-corrected chi connectivity index (χ4v) is 0.721. The molecular formula is C6H11N3O5. The second-order valence-corrected chi connectivity index (χ2v) is 2.69. The van der Waals surface area contributed by atoms with Crippen LogP contribution in [-0.2, 0) is 4.79 Å². The van der Waals surface area contributed by atoms with Crippen molar-refractivity contribution in [2.75, 3.05) is 0 Å². The maximum absolute atomic E-state index is 10.7. The van der Waals surface area contributed by atoms with E-state index >= 15 is 0 Å². The summed E-state index contributed by atoms with van der Waals surface area (Å²) in [6.07, 6.45) is -6.95. The minimum absolute atomic E-state index is 1.17.